The van der Waals surface area contributed by atoms with Crippen molar-refractivity contribution in [2.45, 2.75) is 84.0 Å². The molecule has 1 aliphatic heterocycles. The van der Waals surface area contributed by atoms with Crippen molar-refractivity contribution in [2.24, 2.45) is 5.92 Å². The van der Waals surface area contributed by atoms with Crippen LogP contribution in [0.3, 0.4) is 0 Å². The van der Waals surface area contributed by atoms with E-state index in [1.54, 1.807) is 6.92 Å². The Morgan fingerprint density at radius 2 is 1.47 bits per heavy atom. The van der Waals surface area contributed by atoms with Crippen molar-refractivity contribution in [2.75, 3.05) is 6.61 Å². The second-order valence-corrected chi connectivity index (χ2v) is 14.8. The molecule has 4 nitrogen and oxygen atoms in total. The van der Waals surface area contributed by atoms with Crippen LogP contribution >= 0.6 is 0 Å². The summed E-state index contributed by atoms with van der Waals surface area (Å²) in [5.41, 5.74) is 0. The summed E-state index contributed by atoms with van der Waals surface area (Å²) in [7, 11) is -2.57. The number of hydrogen-bond acceptors (Lipinski definition) is 4. The summed E-state index contributed by atoms with van der Waals surface area (Å²) in [5.74, 6) is -0.651. The van der Waals surface area contributed by atoms with Gasteiger partial charge in [0.2, 0.25) is 0 Å². The Labute approximate surface area is 195 Å². The van der Waals surface area contributed by atoms with E-state index in [-0.39, 0.29) is 23.2 Å². The van der Waals surface area contributed by atoms with E-state index in [4.69, 9.17) is 13.9 Å². The maximum Gasteiger partial charge on any atom is 0.261 e. The van der Waals surface area contributed by atoms with Crippen LogP contribution in [0.1, 0.15) is 54.9 Å². The smallest absolute Gasteiger partial charge is 0.261 e. The molecule has 1 heterocycles. The van der Waals surface area contributed by atoms with E-state index < -0.39 is 20.2 Å². The van der Waals surface area contributed by atoms with E-state index in [1.807, 2.05) is 13.8 Å². The van der Waals surface area contributed by atoms with Crippen LogP contribution in [0, 0.1) is 5.92 Å². The van der Waals surface area contributed by atoms with E-state index in [0.717, 1.165) is 6.42 Å². The highest BCUT2D eigenvalue weighted by Crippen LogP contribution is 2.38. The van der Waals surface area contributed by atoms with Gasteiger partial charge in [-0.2, -0.15) is 0 Å². The maximum absolute atomic E-state index is 10.3. The summed E-state index contributed by atoms with van der Waals surface area (Å²) < 4.78 is 19.3. The summed E-state index contributed by atoms with van der Waals surface area (Å²) >= 11 is 0. The van der Waals surface area contributed by atoms with Crippen molar-refractivity contribution >= 4 is 18.7 Å². The average Bonchev–Trinajstić information content (AvgIpc) is 2.73. The first-order valence-corrected chi connectivity index (χ1v) is 13.7. The van der Waals surface area contributed by atoms with Gasteiger partial charge in [0.25, 0.3) is 8.32 Å². The van der Waals surface area contributed by atoms with Crippen LogP contribution in [0.2, 0.25) is 5.04 Å². The van der Waals surface area contributed by atoms with Crippen molar-refractivity contribution < 1.29 is 19.0 Å². The molecule has 1 fully saturated rings. The average molecular weight is 457 g/mol. The summed E-state index contributed by atoms with van der Waals surface area (Å²) in [6, 6.07) is 21.4. The SMILES string of the molecule is C[C@@H]1[C@@H]([C@@H](C)O)OC(C)(C)O[C@@H]1CCO[Si](c1ccccc1)(c1ccccc1)C(C)(C)C. The summed E-state index contributed by atoms with van der Waals surface area (Å²) in [6.45, 7) is 15.2. The van der Waals surface area contributed by atoms with E-state index in [2.05, 4.69) is 88.4 Å². The fraction of sp³-hybridized carbons (Fsp3) is 0.556. The Morgan fingerprint density at radius 1 is 0.969 bits per heavy atom. The van der Waals surface area contributed by atoms with Crippen LogP contribution in [0.25, 0.3) is 0 Å². The Hall–Kier alpha value is -1.50. The largest absolute Gasteiger partial charge is 0.407 e. The van der Waals surface area contributed by atoms with Gasteiger partial charge >= 0.3 is 0 Å². The van der Waals surface area contributed by atoms with E-state index in [0.29, 0.717) is 6.61 Å². The normalized spacial score (nSPS) is 24.8. The molecule has 1 N–H and O–H groups in total. The third kappa shape index (κ3) is 5.18. The van der Waals surface area contributed by atoms with Gasteiger partial charge in [0.1, 0.15) is 0 Å². The first-order valence-electron chi connectivity index (χ1n) is 11.8. The Balaban J connectivity index is 1.90. The molecule has 0 spiro atoms. The lowest BCUT2D eigenvalue weighted by Gasteiger charge is -2.47. The van der Waals surface area contributed by atoms with Gasteiger partial charge in [0, 0.05) is 12.5 Å². The lowest BCUT2D eigenvalue weighted by molar-refractivity contribution is -0.332. The van der Waals surface area contributed by atoms with Crippen molar-refractivity contribution in [1.29, 1.82) is 0 Å². The van der Waals surface area contributed by atoms with Crippen LogP contribution in [0.5, 0.6) is 0 Å². The summed E-state index contributed by atoms with van der Waals surface area (Å²) in [4.78, 5) is 0. The second-order valence-electron chi connectivity index (χ2n) is 10.5. The fourth-order valence-corrected chi connectivity index (χ4v) is 9.68. The fourth-order valence-electron chi connectivity index (χ4n) is 5.10. The molecule has 0 radical (unpaired) electrons. The van der Waals surface area contributed by atoms with Gasteiger partial charge in [-0.05, 0) is 42.6 Å². The van der Waals surface area contributed by atoms with Gasteiger partial charge in [-0.3, -0.25) is 0 Å². The zero-order chi connectivity index (χ0) is 23.6. The Morgan fingerprint density at radius 3 is 1.91 bits per heavy atom. The number of hydrogen-bond donors (Lipinski definition) is 1. The molecule has 5 heteroatoms. The minimum atomic E-state index is -2.57. The molecule has 0 unspecified atom stereocenters. The van der Waals surface area contributed by atoms with Crippen LogP contribution < -0.4 is 10.4 Å². The molecule has 1 aliphatic rings. The summed E-state index contributed by atoms with van der Waals surface area (Å²) in [6.07, 6.45) is -0.0942. The van der Waals surface area contributed by atoms with Crippen molar-refractivity contribution in [3.8, 4) is 0 Å². The summed E-state index contributed by atoms with van der Waals surface area (Å²) in [5, 5.41) is 12.8. The van der Waals surface area contributed by atoms with E-state index >= 15 is 0 Å². The lowest BCUT2D eigenvalue weighted by Crippen LogP contribution is -2.66. The molecule has 2 aromatic carbocycles. The molecular weight excluding hydrogens is 416 g/mol. The highest BCUT2D eigenvalue weighted by Gasteiger charge is 2.50. The highest BCUT2D eigenvalue weighted by molar-refractivity contribution is 6.99. The zero-order valence-corrected chi connectivity index (χ0v) is 21.7. The number of rotatable bonds is 7. The van der Waals surface area contributed by atoms with Gasteiger partial charge in [0.15, 0.2) is 5.79 Å². The molecule has 4 atom stereocenters. The van der Waals surface area contributed by atoms with Crippen LogP contribution in [-0.4, -0.2) is 44.1 Å². The molecule has 2 aromatic rings. The number of aliphatic hydroxyl groups is 1. The Bertz CT molecular complexity index is 805. The monoisotopic (exact) mass is 456 g/mol. The van der Waals surface area contributed by atoms with Crippen LogP contribution in [-0.2, 0) is 13.9 Å². The highest BCUT2D eigenvalue weighted by atomic mass is 28.4. The minimum Gasteiger partial charge on any atom is -0.407 e. The van der Waals surface area contributed by atoms with Gasteiger partial charge < -0.3 is 19.0 Å². The molecule has 0 saturated carbocycles. The minimum absolute atomic E-state index is 0.0448. The van der Waals surface area contributed by atoms with Crippen molar-refractivity contribution in [3.05, 3.63) is 60.7 Å². The lowest BCUT2D eigenvalue weighted by atomic mass is 9.90. The zero-order valence-electron chi connectivity index (χ0n) is 20.7. The predicted molar refractivity (Wildman–Crippen MR) is 133 cm³/mol. The molecule has 0 bridgehead atoms. The third-order valence-corrected chi connectivity index (χ3v) is 11.6. The molecule has 0 aromatic heterocycles. The van der Waals surface area contributed by atoms with Gasteiger partial charge in [-0.1, -0.05) is 88.4 Å². The molecular formula is C27H40O4Si. The van der Waals surface area contributed by atoms with Gasteiger partial charge in [0.05, 0.1) is 18.3 Å². The topological polar surface area (TPSA) is 47.9 Å². The molecule has 3 rings (SSSR count). The molecule has 1 saturated heterocycles. The first kappa shape index (κ1) is 25.1. The van der Waals surface area contributed by atoms with Crippen molar-refractivity contribution in [1.82, 2.24) is 0 Å². The van der Waals surface area contributed by atoms with Gasteiger partial charge in [-0.15, -0.1) is 0 Å². The first-order chi connectivity index (χ1) is 15.0. The predicted octanol–water partition coefficient (Wildman–Crippen LogP) is 4.49. The molecule has 176 valence electrons. The van der Waals surface area contributed by atoms with Crippen molar-refractivity contribution in [3.63, 3.8) is 0 Å². The number of aliphatic hydroxyl groups excluding tert-OH is 1. The Kier molecular flexibility index (Phi) is 7.68. The van der Waals surface area contributed by atoms with Crippen LogP contribution in [0.4, 0.5) is 0 Å². The van der Waals surface area contributed by atoms with E-state index in [9.17, 15) is 5.11 Å². The van der Waals surface area contributed by atoms with Gasteiger partial charge in [-0.25, -0.2) is 0 Å². The second kappa shape index (κ2) is 9.78. The molecule has 0 amide bonds. The standard InChI is InChI=1S/C27H40O4Si/c1-20-24(30-27(6,7)31-25(20)21(2)28)18-19-29-32(26(3,4)5,22-14-10-8-11-15-22)23-16-12-9-13-17-23/h8-17,20-21,24-25,28H,18-19H2,1-7H3/t20-,21+,24+,25-/m0/s1. The quantitative estimate of drug-likeness (QED) is 0.624. The third-order valence-electron chi connectivity index (χ3n) is 6.57. The van der Waals surface area contributed by atoms with Crippen LogP contribution in [0.15, 0.2) is 60.7 Å². The number of ether oxygens (including phenoxy) is 2. The van der Waals surface area contributed by atoms with E-state index in [1.165, 1.54) is 10.4 Å². The molecule has 32 heavy (non-hydrogen) atoms. The number of benzene rings is 2. The maximum atomic E-state index is 10.3. The molecule has 0 aliphatic carbocycles.